The number of methoxy groups -OCH3 is 2. The second kappa shape index (κ2) is 25.4. The van der Waals surface area contributed by atoms with Crippen molar-refractivity contribution in [1.82, 2.24) is 70.4 Å². The number of ether oxygens (including phenoxy) is 3. The molecule has 5 N–H and O–H groups in total. The third-order valence-corrected chi connectivity index (χ3v) is 12.5. The first-order chi connectivity index (χ1) is 35.8. The lowest BCUT2D eigenvalue weighted by atomic mass is 9.97. The molecule has 8 rings (SSSR count). The summed E-state index contributed by atoms with van der Waals surface area (Å²) in [6.07, 6.45) is 12.6. The van der Waals surface area contributed by atoms with Crippen LogP contribution in [0.1, 0.15) is 85.7 Å². The minimum absolute atomic E-state index is 0.0104. The van der Waals surface area contributed by atoms with Gasteiger partial charge in [0.2, 0.25) is 0 Å². The number of benzene rings is 2. The summed E-state index contributed by atoms with van der Waals surface area (Å²) < 4.78 is 48.0. The summed E-state index contributed by atoms with van der Waals surface area (Å²) in [6, 6.07) is 5.87. The molecule has 392 valence electrons. The zero-order valence-electron chi connectivity index (χ0n) is 41.5. The van der Waals surface area contributed by atoms with Crippen LogP contribution in [0.2, 0.25) is 0 Å². The van der Waals surface area contributed by atoms with Crippen LogP contribution < -0.4 is 30.7 Å². The van der Waals surface area contributed by atoms with Gasteiger partial charge in [-0.15, -0.1) is 10.2 Å². The number of nitrogens with zero attached hydrogens (tertiary/aromatic N) is 12. The Balaban J connectivity index is 0.000000217. The average Bonchev–Trinajstić information content (AvgIpc) is 4.12. The van der Waals surface area contributed by atoms with Crippen molar-refractivity contribution >= 4 is 35.4 Å². The van der Waals surface area contributed by atoms with Crippen molar-refractivity contribution in [1.29, 1.82) is 0 Å². The van der Waals surface area contributed by atoms with E-state index in [1.54, 1.807) is 13.0 Å². The number of carboxylic acid groups (broad SMARTS) is 1. The normalized spacial score (nSPS) is 14.3. The molecule has 2 aliphatic heterocycles. The minimum Gasteiger partial charge on any atom is -0.494 e. The Morgan fingerprint density at radius 2 is 1.07 bits per heavy atom. The van der Waals surface area contributed by atoms with Gasteiger partial charge in [0.05, 0.1) is 44.6 Å². The van der Waals surface area contributed by atoms with Crippen molar-refractivity contribution in [3.63, 3.8) is 0 Å². The van der Waals surface area contributed by atoms with Gasteiger partial charge in [-0.3, -0.25) is 9.59 Å². The second-order valence-corrected chi connectivity index (χ2v) is 17.4. The average molecular weight is 1030 g/mol. The highest BCUT2D eigenvalue weighted by molar-refractivity contribution is 5.97. The van der Waals surface area contributed by atoms with Crippen LogP contribution in [-0.4, -0.2) is 163 Å². The van der Waals surface area contributed by atoms with Gasteiger partial charge in [-0.1, -0.05) is 10.4 Å². The molecule has 6 aromatic rings. The van der Waals surface area contributed by atoms with Gasteiger partial charge < -0.3 is 50.4 Å². The zero-order valence-corrected chi connectivity index (χ0v) is 41.5. The number of nitrogens with one attached hydrogen (secondary N) is 4. The van der Waals surface area contributed by atoms with Crippen LogP contribution in [-0.2, 0) is 17.8 Å². The first-order valence-electron chi connectivity index (χ1n) is 23.8. The molecular formula is C48H58F2N16O8. The smallest absolute Gasteiger partial charge is 0.360 e. The molecule has 0 spiro atoms. The molecule has 0 atom stereocenters. The highest BCUT2D eigenvalue weighted by atomic mass is 19.1. The van der Waals surface area contributed by atoms with Crippen LogP contribution in [0.3, 0.4) is 0 Å². The van der Waals surface area contributed by atoms with Crippen LogP contribution >= 0.6 is 0 Å². The Hall–Kier alpha value is -8.26. The van der Waals surface area contributed by atoms with E-state index < -0.39 is 35.4 Å². The van der Waals surface area contributed by atoms with Gasteiger partial charge in [0.1, 0.15) is 0 Å². The first-order valence-corrected chi connectivity index (χ1v) is 23.8. The molecule has 0 aliphatic carbocycles. The van der Waals surface area contributed by atoms with E-state index in [1.165, 1.54) is 68.1 Å². The van der Waals surface area contributed by atoms with Crippen molar-refractivity contribution < 1.29 is 47.3 Å². The number of hydrogen-bond donors (Lipinski definition) is 5. The maximum Gasteiger partial charge on any atom is 0.360 e. The summed E-state index contributed by atoms with van der Waals surface area (Å²) in [5.74, 6) is -2.79. The van der Waals surface area contributed by atoms with Gasteiger partial charge in [-0.2, -0.15) is 0 Å². The molecule has 0 bridgehead atoms. The van der Waals surface area contributed by atoms with E-state index in [9.17, 15) is 19.2 Å². The fourth-order valence-corrected chi connectivity index (χ4v) is 8.21. The van der Waals surface area contributed by atoms with Crippen LogP contribution in [0.5, 0.6) is 11.5 Å². The van der Waals surface area contributed by atoms with Crippen LogP contribution in [0.4, 0.5) is 20.4 Å². The molecule has 2 amide bonds. The molecule has 2 fully saturated rings. The number of aromatic nitrogens is 10. The lowest BCUT2D eigenvalue weighted by molar-refractivity contribution is 0.0518. The number of hydrogen-bond acceptors (Lipinski definition) is 19. The number of piperidine rings is 2. The maximum atomic E-state index is 15.3. The Bertz CT molecular complexity index is 2910. The van der Waals surface area contributed by atoms with E-state index in [0.717, 1.165) is 62.7 Å². The number of carboxylic acids is 1. The van der Waals surface area contributed by atoms with E-state index in [4.69, 9.17) is 19.3 Å². The molecule has 2 aromatic carbocycles. The van der Waals surface area contributed by atoms with E-state index >= 15 is 8.78 Å². The minimum atomic E-state index is -1.27. The number of carbonyl (C=O) groups excluding carboxylic acids is 3. The van der Waals surface area contributed by atoms with Gasteiger partial charge in [0.15, 0.2) is 57.5 Å². The molecule has 0 saturated carbocycles. The van der Waals surface area contributed by atoms with Gasteiger partial charge in [0, 0.05) is 62.1 Å². The largest absolute Gasteiger partial charge is 0.494 e. The maximum absolute atomic E-state index is 15.3. The monoisotopic (exact) mass is 1020 g/mol. The number of anilines is 2. The summed E-state index contributed by atoms with van der Waals surface area (Å²) in [5, 5.41) is 36.1. The highest BCUT2D eigenvalue weighted by Gasteiger charge is 2.25. The topological polar surface area (TPSA) is 284 Å². The van der Waals surface area contributed by atoms with E-state index in [-0.39, 0.29) is 76.5 Å². The van der Waals surface area contributed by atoms with Crippen molar-refractivity contribution in [2.75, 3.05) is 84.8 Å². The summed E-state index contributed by atoms with van der Waals surface area (Å²) in [5.41, 5.74) is 0.454. The van der Waals surface area contributed by atoms with Crippen LogP contribution in [0.25, 0.3) is 11.4 Å². The lowest BCUT2D eigenvalue weighted by Crippen LogP contribution is -2.33. The summed E-state index contributed by atoms with van der Waals surface area (Å²) in [6.45, 7) is 6.84. The van der Waals surface area contributed by atoms with E-state index in [2.05, 4.69) is 85.7 Å². The standard InChI is InChI=1S/C25H31FN8O4.C23H27FN8O4/c1-4-38-25(36)18-15-34(32-31-18)19-5-6-20(37-3)21(26)17(19)14-30-24(35)22-23(28-10-9-27-22)29-13-16-7-11-33(2)12-8-16;1-31-9-5-14(6-10-31)11-27-21-20(25-7-8-26-21)22(33)28-12-15-17(3-4-18(36-2)19(15)24)32-13-16(23(34)35)29-30-32/h5-6,9-10,15-16H,4,7-8,11-14H2,1-3H3,(H,28,29)(H,30,35);3-4,7-8,13-14H,5-6,9-12H2,1-2H3,(H,26,27)(H,28,33)(H,34,35). The van der Waals surface area contributed by atoms with Gasteiger partial charge in [0.25, 0.3) is 11.8 Å². The summed E-state index contributed by atoms with van der Waals surface area (Å²) in [7, 11) is 6.86. The third-order valence-electron chi connectivity index (χ3n) is 12.5. The van der Waals surface area contributed by atoms with Crippen LogP contribution in [0, 0.1) is 23.5 Å². The van der Waals surface area contributed by atoms with Crippen molar-refractivity contribution in [3.05, 3.63) is 107 Å². The van der Waals surface area contributed by atoms with Crippen molar-refractivity contribution in [2.24, 2.45) is 11.8 Å². The number of aromatic carboxylic acids is 1. The number of rotatable bonds is 19. The van der Waals surface area contributed by atoms with E-state index in [0.29, 0.717) is 36.6 Å². The van der Waals surface area contributed by atoms with Gasteiger partial charge in [-0.05, 0) is 109 Å². The number of halogens is 2. The fourth-order valence-electron chi connectivity index (χ4n) is 8.21. The predicted octanol–water partition coefficient (Wildman–Crippen LogP) is 3.65. The SMILES string of the molecule is CCOC(=O)c1cn(-c2ccc(OC)c(F)c2CNC(=O)c2nccnc2NCC2CCN(C)CC2)nn1.COc1ccc(-n2cc(C(=O)O)nn2)c(CNC(=O)c2nccnc2NCC2CCN(C)CC2)c1F. The number of carbonyl (C=O) groups is 4. The zero-order chi connectivity index (χ0) is 52.7. The van der Waals surface area contributed by atoms with Gasteiger partial charge in [-0.25, -0.2) is 47.7 Å². The Kier molecular flexibility index (Phi) is 18.4. The summed E-state index contributed by atoms with van der Waals surface area (Å²) in [4.78, 5) is 70.8. The quantitative estimate of drug-likeness (QED) is 0.0724. The highest BCUT2D eigenvalue weighted by Crippen LogP contribution is 2.28. The summed E-state index contributed by atoms with van der Waals surface area (Å²) >= 11 is 0. The molecule has 2 saturated heterocycles. The predicted molar refractivity (Wildman–Crippen MR) is 262 cm³/mol. The molecule has 2 aliphatic rings. The second-order valence-electron chi connectivity index (χ2n) is 17.4. The Morgan fingerprint density at radius 3 is 1.47 bits per heavy atom. The van der Waals surface area contributed by atoms with Crippen LogP contribution in [0.15, 0.2) is 61.4 Å². The number of likely N-dealkylation sites (tertiary alicyclic amines) is 2. The van der Waals surface area contributed by atoms with Gasteiger partial charge >= 0.3 is 11.9 Å². The Morgan fingerprint density at radius 1 is 0.649 bits per heavy atom. The first kappa shape index (κ1) is 53.5. The third kappa shape index (κ3) is 13.4. The fraction of sp³-hybridized carbons (Fsp3) is 0.417. The molecule has 0 radical (unpaired) electrons. The van der Waals surface area contributed by atoms with Crippen molar-refractivity contribution in [3.8, 4) is 22.9 Å². The molecule has 0 unspecified atom stereocenters. The van der Waals surface area contributed by atoms with Crippen molar-refractivity contribution in [2.45, 2.75) is 45.7 Å². The van der Waals surface area contributed by atoms with E-state index in [1.807, 2.05) is 0 Å². The molecule has 6 heterocycles. The number of amides is 2. The molecule has 26 heteroatoms. The lowest BCUT2D eigenvalue weighted by Gasteiger charge is -2.29. The molecule has 24 nitrogen and oxygen atoms in total. The number of esters is 1. The molecule has 74 heavy (non-hydrogen) atoms. The molecule has 4 aromatic heterocycles. The molecular weight excluding hydrogens is 967 g/mol. The Labute approximate surface area is 424 Å².